The van der Waals surface area contributed by atoms with E-state index in [-0.39, 0.29) is 12.4 Å². The lowest BCUT2D eigenvalue weighted by Gasteiger charge is -2.14. The maximum absolute atomic E-state index is 5.93. The molecule has 1 atom stereocenters. The molecular formula is C13H17ClN2S. The van der Waals surface area contributed by atoms with E-state index in [0.717, 1.165) is 26.1 Å². The van der Waals surface area contributed by atoms with Crippen LogP contribution in [0.5, 0.6) is 0 Å². The van der Waals surface area contributed by atoms with Crippen LogP contribution in [0.2, 0.25) is 0 Å². The Labute approximate surface area is 112 Å². The van der Waals surface area contributed by atoms with Crippen LogP contribution in [0.15, 0.2) is 29.6 Å². The molecule has 1 aromatic carbocycles. The van der Waals surface area contributed by atoms with Crippen LogP contribution in [0.4, 0.5) is 0 Å². The second-order valence-corrected chi connectivity index (χ2v) is 5.45. The molecule has 17 heavy (non-hydrogen) atoms. The van der Waals surface area contributed by atoms with Crippen LogP contribution >= 0.6 is 23.7 Å². The molecule has 1 saturated heterocycles. The maximum atomic E-state index is 5.93. The number of nitrogens with zero attached hydrogens (tertiary/aromatic N) is 1. The Balaban J connectivity index is 0.00000108. The van der Waals surface area contributed by atoms with Gasteiger partial charge in [-0.15, -0.1) is 23.7 Å². The van der Waals surface area contributed by atoms with Crippen LogP contribution in [0, 0.1) is 0 Å². The highest BCUT2D eigenvalue weighted by Gasteiger charge is 2.19. The van der Waals surface area contributed by atoms with Crippen LogP contribution < -0.4 is 5.73 Å². The molecule has 0 amide bonds. The minimum atomic E-state index is 0. The van der Waals surface area contributed by atoms with Crippen LogP contribution in [-0.4, -0.2) is 24.0 Å². The van der Waals surface area contributed by atoms with E-state index in [2.05, 4.69) is 34.5 Å². The van der Waals surface area contributed by atoms with Gasteiger partial charge in [-0.3, -0.25) is 4.90 Å². The average Bonchev–Trinajstić information content (AvgIpc) is 2.87. The molecule has 3 rings (SSSR count). The molecule has 2 heterocycles. The number of hydrogen-bond donors (Lipinski definition) is 1. The Kier molecular flexibility index (Phi) is 4.05. The van der Waals surface area contributed by atoms with Gasteiger partial charge in [-0.25, -0.2) is 0 Å². The minimum absolute atomic E-state index is 0. The van der Waals surface area contributed by atoms with Crippen LogP contribution in [0.1, 0.15) is 12.0 Å². The van der Waals surface area contributed by atoms with E-state index in [1.807, 2.05) is 11.3 Å². The lowest BCUT2D eigenvalue weighted by molar-refractivity contribution is 0.328. The smallest absolute Gasteiger partial charge is 0.0346 e. The van der Waals surface area contributed by atoms with E-state index < -0.39 is 0 Å². The molecule has 4 heteroatoms. The van der Waals surface area contributed by atoms with Crippen LogP contribution in [0.3, 0.4) is 0 Å². The van der Waals surface area contributed by atoms with Gasteiger partial charge in [-0.1, -0.05) is 18.2 Å². The summed E-state index contributed by atoms with van der Waals surface area (Å²) in [6, 6.07) is 9.02. The van der Waals surface area contributed by atoms with Gasteiger partial charge in [-0.05, 0) is 28.8 Å². The van der Waals surface area contributed by atoms with Crippen molar-refractivity contribution in [2.75, 3.05) is 13.1 Å². The molecule has 0 aliphatic carbocycles. The van der Waals surface area contributed by atoms with Crippen molar-refractivity contribution in [2.45, 2.75) is 19.0 Å². The van der Waals surface area contributed by atoms with E-state index in [1.54, 1.807) is 0 Å². The van der Waals surface area contributed by atoms with Gasteiger partial charge in [0.25, 0.3) is 0 Å². The maximum Gasteiger partial charge on any atom is 0.0346 e. The third-order valence-corrected chi connectivity index (χ3v) is 4.28. The largest absolute Gasteiger partial charge is 0.326 e. The number of rotatable bonds is 2. The Morgan fingerprint density at radius 1 is 1.35 bits per heavy atom. The summed E-state index contributed by atoms with van der Waals surface area (Å²) < 4.78 is 1.39. The van der Waals surface area contributed by atoms with Crippen molar-refractivity contribution in [1.82, 2.24) is 4.90 Å². The summed E-state index contributed by atoms with van der Waals surface area (Å²) in [5, 5.41) is 3.70. The van der Waals surface area contributed by atoms with Gasteiger partial charge in [0.1, 0.15) is 0 Å². The Morgan fingerprint density at radius 3 is 2.94 bits per heavy atom. The van der Waals surface area contributed by atoms with E-state index in [9.17, 15) is 0 Å². The minimum Gasteiger partial charge on any atom is -0.326 e. The Hall–Kier alpha value is -0.610. The molecule has 1 aliphatic rings. The quantitative estimate of drug-likeness (QED) is 0.908. The van der Waals surface area contributed by atoms with Gasteiger partial charge in [0, 0.05) is 30.4 Å². The van der Waals surface area contributed by atoms with Gasteiger partial charge in [-0.2, -0.15) is 0 Å². The summed E-state index contributed by atoms with van der Waals surface area (Å²) >= 11 is 1.84. The van der Waals surface area contributed by atoms with Crippen molar-refractivity contribution >= 4 is 33.8 Å². The second kappa shape index (κ2) is 5.36. The topological polar surface area (TPSA) is 29.3 Å². The highest BCUT2D eigenvalue weighted by molar-refractivity contribution is 7.17. The zero-order valence-corrected chi connectivity index (χ0v) is 11.3. The third-order valence-electron chi connectivity index (χ3n) is 3.26. The van der Waals surface area contributed by atoms with Crippen molar-refractivity contribution in [3.05, 3.63) is 35.2 Å². The zero-order valence-electron chi connectivity index (χ0n) is 9.63. The van der Waals surface area contributed by atoms with E-state index in [0.29, 0.717) is 6.04 Å². The molecular weight excluding hydrogens is 252 g/mol. The van der Waals surface area contributed by atoms with Crippen molar-refractivity contribution in [2.24, 2.45) is 5.73 Å². The first-order chi connectivity index (χ1) is 7.83. The number of nitrogens with two attached hydrogens (primary N) is 1. The monoisotopic (exact) mass is 268 g/mol. The number of benzene rings is 1. The first kappa shape index (κ1) is 12.8. The van der Waals surface area contributed by atoms with Gasteiger partial charge in [0.2, 0.25) is 0 Å². The fraction of sp³-hybridized carbons (Fsp3) is 0.385. The fourth-order valence-electron chi connectivity index (χ4n) is 2.40. The molecule has 2 N–H and O–H groups in total. The molecule has 0 unspecified atom stereocenters. The Morgan fingerprint density at radius 2 is 2.18 bits per heavy atom. The van der Waals surface area contributed by atoms with Gasteiger partial charge < -0.3 is 5.73 Å². The summed E-state index contributed by atoms with van der Waals surface area (Å²) in [5.41, 5.74) is 7.38. The summed E-state index contributed by atoms with van der Waals surface area (Å²) in [5.74, 6) is 0. The standard InChI is InChI=1S/C13H16N2S.ClH/c14-11-5-6-15(8-11)7-10-9-16-13-4-2-1-3-12(10)13;/h1-4,9,11H,5-8,14H2;1H/t11-;/m0./s1. The SMILES string of the molecule is Cl.N[C@H]1CCN(Cc2csc3ccccc23)C1. The first-order valence-electron chi connectivity index (χ1n) is 5.76. The zero-order chi connectivity index (χ0) is 11.0. The molecule has 0 saturated carbocycles. The predicted molar refractivity (Wildman–Crippen MR) is 76.9 cm³/mol. The summed E-state index contributed by atoms with van der Waals surface area (Å²) in [6.45, 7) is 3.24. The second-order valence-electron chi connectivity index (χ2n) is 4.54. The van der Waals surface area contributed by atoms with Crippen LogP contribution in [-0.2, 0) is 6.54 Å². The molecule has 0 spiro atoms. The van der Waals surface area contributed by atoms with E-state index >= 15 is 0 Å². The molecule has 0 bridgehead atoms. The highest BCUT2D eigenvalue weighted by Crippen LogP contribution is 2.27. The lowest BCUT2D eigenvalue weighted by atomic mass is 10.2. The number of thiophene rings is 1. The molecule has 2 nitrogen and oxygen atoms in total. The van der Waals surface area contributed by atoms with E-state index in [4.69, 9.17) is 5.73 Å². The van der Waals surface area contributed by atoms with Crippen molar-refractivity contribution in [1.29, 1.82) is 0 Å². The fourth-order valence-corrected chi connectivity index (χ4v) is 3.36. The number of fused-ring (bicyclic) bond motifs is 1. The average molecular weight is 269 g/mol. The number of halogens is 1. The third kappa shape index (κ3) is 2.63. The van der Waals surface area contributed by atoms with Crippen molar-refractivity contribution < 1.29 is 0 Å². The summed E-state index contributed by atoms with van der Waals surface area (Å²) in [7, 11) is 0. The predicted octanol–water partition coefficient (Wildman–Crippen LogP) is 2.86. The molecule has 0 radical (unpaired) electrons. The van der Waals surface area contributed by atoms with Crippen molar-refractivity contribution in [3.63, 3.8) is 0 Å². The normalized spacial score (nSPS) is 20.6. The molecule has 1 aliphatic heterocycles. The van der Waals surface area contributed by atoms with Gasteiger partial charge >= 0.3 is 0 Å². The van der Waals surface area contributed by atoms with Crippen molar-refractivity contribution in [3.8, 4) is 0 Å². The summed E-state index contributed by atoms with van der Waals surface area (Å²) in [6.07, 6.45) is 1.14. The van der Waals surface area contributed by atoms with Gasteiger partial charge in [0.15, 0.2) is 0 Å². The molecule has 2 aromatic rings. The number of likely N-dealkylation sites (tertiary alicyclic amines) is 1. The number of hydrogen-bond acceptors (Lipinski definition) is 3. The van der Waals surface area contributed by atoms with Gasteiger partial charge in [0.05, 0.1) is 0 Å². The molecule has 92 valence electrons. The Bertz CT molecular complexity index is 497. The summed E-state index contributed by atoms with van der Waals surface area (Å²) in [4.78, 5) is 2.46. The first-order valence-corrected chi connectivity index (χ1v) is 6.64. The van der Waals surface area contributed by atoms with Crippen LogP contribution in [0.25, 0.3) is 10.1 Å². The van der Waals surface area contributed by atoms with E-state index in [1.165, 1.54) is 15.6 Å². The highest BCUT2D eigenvalue weighted by atomic mass is 35.5. The molecule has 1 fully saturated rings. The lowest BCUT2D eigenvalue weighted by Crippen LogP contribution is -2.26. The molecule has 1 aromatic heterocycles.